The number of halogens is 2. The molecular formula is C26H18Cl2N4O4. The number of anilines is 2. The number of rotatable bonds is 4. The number of amides is 3. The van der Waals surface area contributed by atoms with Gasteiger partial charge in [-0.05, 0) is 55.5 Å². The summed E-state index contributed by atoms with van der Waals surface area (Å²) in [5.41, 5.74) is 1.55. The monoisotopic (exact) mass is 520 g/mol. The summed E-state index contributed by atoms with van der Waals surface area (Å²) in [5, 5.41) is 3.15. The highest BCUT2D eigenvalue weighted by molar-refractivity contribution is 6.42. The molecule has 2 heterocycles. The van der Waals surface area contributed by atoms with Crippen LogP contribution in [-0.4, -0.2) is 27.1 Å². The van der Waals surface area contributed by atoms with Gasteiger partial charge in [0.1, 0.15) is 5.69 Å². The van der Waals surface area contributed by atoms with Crippen LogP contribution in [0.5, 0.6) is 0 Å². The summed E-state index contributed by atoms with van der Waals surface area (Å²) >= 11 is 12.0. The third-order valence-corrected chi connectivity index (χ3v) is 6.84. The highest BCUT2D eigenvalue weighted by atomic mass is 35.5. The van der Waals surface area contributed by atoms with Crippen molar-refractivity contribution in [3.05, 3.63) is 110 Å². The summed E-state index contributed by atoms with van der Waals surface area (Å²) in [6, 6.07) is 17.7. The maximum Gasteiger partial charge on any atom is 0.295 e. The van der Waals surface area contributed by atoms with Gasteiger partial charge in [0.05, 0.1) is 38.2 Å². The zero-order valence-corrected chi connectivity index (χ0v) is 20.6. The number of carbonyl (C=O) groups is 3. The highest BCUT2D eigenvalue weighted by Crippen LogP contribution is 2.33. The van der Waals surface area contributed by atoms with Crippen LogP contribution in [0.3, 0.4) is 0 Å². The van der Waals surface area contributed by atoms with Crippen LogP contribution in [0, 0.1) is 6.92 Å². The molecule has 8 nitrogen and oxygen atoms in total. The van der Waals surface area contributed by atoms with E-state index in [4.69, 9.17) is 23.2 Å². The molecule has 180 valence electrons. The average Bonchev–Trinajstić information content (AvgIpc) is 3.25. The number of nitrogens with one attached hydrogen (secondary N) is 1. The van der Waals surface area contributed by atoms with E-state index in [0.29, 0.717) is 16.4 Å². The third-order valence-electron chi connectivity index (χ3n) is 6.10. The van der Waals surface area contributed by atoms with Gasteiger partial charge >= 0.3 is 0 Å². The number of hydrogen-bond acceptors (Lipinski definition) is 4. The van der Waals surface area contributed by atoms with Crippen LogP contribution in [0.4, 0.5) is 11.4 Å². The molecule has 3 amide bonds. The summed E-state index contributed by atoms with van der Waals surface area (Å²) in [6.07, 6.45) is 0. The van der Waals surface area contributed by atoms with Crippen molar-refractivity contribution < 1.29 is 14.4 Å². The van der Waals surface area contributed by atoms with Gasteiger partial charge in [-0.1, -0.05) is 41.4 Å². The van der Waals surface area contributed by atoms with Gasteiger partial charge < -0.3 is 5.32 Å². The van der Waals surface area contributed by atoms with E-state index in [1.165, 1.54) is 41.1 Å². The Balaban J connectivity index is 1.46. The molecule has 3 aromatic carbocycles. The van der Waals surface area contributed by atoms with E-state index in [0.717, 1.165) is 4.90 Å². The van der Waals surface area contributed by atoms with Gasteiger partial charge in [-0.3, -0.25) is 23.9 Å². The summed E-state index contributed by atoms with van der Waals surface area (Å²) in [5.74, 6) is -1.72. The first-order valence-electron chi connectivity index (χ1n) is 10.8. The lowest BCUT2D eigenvalue weighted by molar-refractivity contribution is 0.0925. The highest BCUT2D eigenvalue weighted by Gasteiger charge is 2.37. The molecule has 0 fully saturated rings. The summed E-state index contributed by atoms with van der Waals surface area (Å²) in [6.45, 7) is 1.72. The van der Waals surface area contributed by atoms with Gasteiger partial charge in [0.2, 0.25) is 0 Å². The second kappa shape index (κ2) is 8.82. The van der Waals surface area contributed by atoms with E-state index < -0.39 is 23.3 Å². The molecule has 0 spiro atoms. The number of para-hydroxylation sites is 1. The van der Waals surface area contributed by atoms with Crippen molar-refractivity contribution in [2.45, 2.75) is 6.92 Å². The maximum absolute atomic E-state index is 13.1. The molecule has 0 bridgehead atoms. The molecular weight excluding hydrogens is 503 g/mol. The quantitative estimate of drug-likeness (QED) is 0.389. The van der Waals surface area contributed by atoms with Crippen molar-refractivity contribution in [1.82, 2.24) is 9.36 Å². The molecule has 1 N–H and O–H groups in total. The predicted octanol–water partition coefficient (Wildman–Crippen LogP) is 4.84. The molecule has 1 aliphatic rings. The van der Waals surface area contributed by atoms with Crippen LogP contribution in [-0.2, 0) is 7.05 Å². The minimum absolute atomic E-state index is 0.0743. The molecule has 4 aromatic rings. The van der Waals surface area contributed by atoms with Crippen LogP contribution in [0.15, 0.2) is 71.5 Å². The van der Waals surface area contributed by atoms with Crippen molar-refractivity contribution in [2.24, 2.45) is 7.05 Å². The Morgan fingerprint density at radius 3 is 2.19 bits per heavy atom. The van der Waals surface area contributed by atoms with Crippen molar-refractivity contribution in [3.8, 4) is 5.69 Å². The number of benzene rings is 3. The fourth-order valence-corrected chi connectivity index (χ4v) is 4.43. The van der Waals surface area contributed by atoms with Gasteiger partial charge in [-0.15, -0.1) is 0 Å². The van der Waals surface area contributed by atoms with E-state index in [1.807, 2.05) is 18.2 Å². The van der Waals surface area contributed by atoms with Gasteiger partial charge in [0, 0.05) is 12.6 Å². The number of hydrogen-bond donors (Lipinski definition) is 1. The first kappa shape index (κ1) is 23.6. The molecule has 1 aliphatic heterocycles. The van der Waals surface area contributed by atoms with Crippen LogP contribution < -0.4 is 15.8 Å². The molecule has 10 heteroatoms. The van der Waals surface area contributed by atoms with Gasteiger partial charge in [-0.2, -0.15) is 0 Å². The second-order valence-electron chi connectivity index (χ2n) is 8.20. The van der Waals surface area contributed by atoms with Gasteiger partial charge in [-0.25, -0.2) is 9.58 Å². The Hall–Kier alpha value is -4.14. The third kappa shape index (κ3) is 3.71. The summed E-state index contributed by atoms with van der Waals surface area (Å²) in [4.78, 5) is 53.2. The van der Waals surface area contributed by atoms with Crippen LogP contribution in [0.25, 0.3) is 5.69 Å². The van der Waals surface area contributed by atoms with Gasteiger partial charge in [0.25, 0.3) is 23.3 Å². The van der Waals surface area contributed by atoms with Crippen LogP contribution >= 0.6 is 23.2 Å². The minimum atomic E-state index is -0.592. The molecule has 0 aliphatic carbocycles. The lowest BCUT2D eigenvalue weighted by atomic mass is 10.1. The molecule has 0 saturated heterocycles. The molecule has 1 aromatic heterocycles. The zero-order chi connectivity index (χ0) is 25.7. The Bertz CT molecular complexity index is 1640. The van der Waals surface area contributed by atoms with E-state index in [9.17, 15) is 19.2 Å². The van der Waals surface area contributed by atoms with E-state index >= 15 is 0 Å². The number of fused-ring (bicyclic) bond motifs is 1. The number of nitrogens with zero attached hydrogens (tertiary/aromatic N) is 3. The van der Waals surface area contributed by atoms with Crippen molar-refractivity contribution >= 4 is 52.3 Å². The molecule has 0 unspecified atom stereocenters. The Morgan fingerprint density at radius 1 is 0.806 bits per heavy atom. The largest absolute Gasteiger partial charge is 0.316 e. The normalized spacial score (nSPS) is 12.7. The van der Waals surface area contributed by atoms with Gasteiger partial charge in [0.15, 0.2) is 0 Å². The Kier molecular flexibility index (Phi) is 5.78. The van der Waals surface area contributed by atoms with E-state index in [1.54, 1.807) is 30.8 Å². The Morgan fingerprint density at radius 2 is 1.50 bits per heavy atom. The van der Waals surface area contributed by atoms with E-state index in [-0.39, 0.29) is 33.1 Å². The van der Waals surface area contributed by atoms with Crippen molar-refractivity contribution in [1.29, 1.82) is 0 Å². The number of aromatic nitrogens is 2. The summed E-state index contributed by atoms with van der Waals surface area (Å²) in [7, 11) is 1.72. The molecule has 5 rings (SSSR count). The molecule has 36 heavy (non-hydrogen) atoms. The lowest BCUT2D eigenvalue weighted by Gasteiger charge is -2.14. The first-order valence-corrected chi connectivity index (χ1v) is 11.6. The second-order valence-corrected chi connectivity index (χ2v) is 9.01. The zero-order valence-electron chi connectivity index (χ0n) is 19.1. The fraction of sp³-hybridized carbons (Fsp3) is 0.0769. The molecule has 0 saturated carbocycles. The standard InChI is InChI=1S/C26H18Cl2N4O4/c1-14-22(26(36)32(30(14)2)16-6-4-3-5-7-16)29-23(33)15-8-10-18-19(12-15)25(35)31(24(18)34)17-9-11-20(27)21(28)13-17/h3-13H,1-2H3,(H,29,33). The summed E-state index contributed by atoms with van der Waals surface area (Å²) < 4.78 is 3.10. The molecule has 0 atom stereocenters. The van der Waals surface area contributed by atoms with Crippen LogP contribution in [0.1, 0.15) is 36.8 Å². The fourth-order valence-electron chi connectivity index (χ4n) is 4.14. The topological polar surface area (TPSA) is 93.4 Å². The van der Waals surface area contributed by atoms with E-state index in [2.05, 4.69) is 5.32 Å². The SMILES string of the molecule is Cc1c(NC(=O)c2ccc3c(c2)C(=O)N(c2ccc(Cl)c(Cl)c2)C3=O)c(=O)n(-c2ccccc2)n1C. The average molecular weight is 521 g/mol. The number of carbonyl (C=O) groups excluding carboxylic acids is 3. The lowest BCUT2D eigenvalue weighted by Crippen LogP contribution is -2.29. The molecule has 0 radical (unpaired) electrons. The predicted molar refractivity (Wildman–Crippen MR) is 138 cm³/mol. The minimum Gasteiger partial charge on any atom is -0.316 e. The van der Waals surface area contributed by atoms with Crippen molar-refractivity contribution in [3.63, 3.8) is 0 Å². The van der Waals surface area contributed by atoms with Crippen LogP contribution in [0.2, 0.25) is 10.0 Å². The smallest absolute Gasteiger partial charge is 0.295 e. The Labute approximate surface area is 215 Å². The maximum atomic E-state index is 13.1. The number of imide groups is 1. The van der Waals surface area contributed by atoms with Crippen molar-refractivity contribution in [2.75, 3.05) is 10.2 Å². The first-order chi connectivity index (χ1) is 17.2.